The van der Waals surface area contributed by atoms with E-state index in [0.29, 0.717) is 34.8 Å². The van der Waals surface area contributed by atoms with Gasteiger partial charge in [0.25, 0.3) is 5.56 Å². The van der Waals surface area contributed by atoms with Crippen molar-refractivity contribution in [1.82, 2.24) is 9.55 Å². The molecule has 1 fully saturated rings. The van der Waals surface area contributed by atoms with Crippen LogP contribution in [0.4, 0.5) is 0 Å². The van der Waals surface area contributed by atoms with E-state index in [2.05, 4.69) is 20.9 Å². The number of rotatable bonds is 4. The number of thioether (sulfide) groups is 1. The van der Waals surface area contributed by atoms with Crippen molar-refractivity contribution < 1.29 is 9.21 Å². The molecule has 7 heteroatoms. The molecular weight excluding hydrogens is 404 g/mol. The standard InChI is InChI=1S/C18H15BrN2O3S/c19-11-6-7-14-13(9-11)17(23)21(10-12-3-2-8-24-12)18(20-14)25-16-5-1-4-15(16)22/h2-3,6-9,16H,1,4-5,10H2/t16-/m0/s1. The van der Waals surface area contributed by atoms with Gasteiger partial charge >= 0.3 is 0 Å². The third-order valence-corrected chi connectivity index (χ3v) is 6.07. The summed E-state index contributed by atoms with van der Waals surface area (Å²) < 4.78 is 7.83. The zero-order valence-corrected chi connectivity index (χ0v) is 15.7. The van der Waals surface area contributed by atoms with E-state index < -0.39 is 0 Å². The van der Waals surface area contributed by atoms with Gasteiger partial charge in [0.1, 0.15) is 11.5 Å². The van der Waals surface area contributed by atoms with E-state index in [0.717, 1.165) is 17.3 Å². The highest BCUT2D eigenvalue weighted by atomic mass is 79.9. The van der Waals surface area contributed by atoms with Crippen molar-refractivity contribution in [3.63, 3.8) is 0 Å². The van der Waals surface area contributed by atoms with E-state index in [1.54, 1.807) is 23.0 Å². The summed E-state index contributed by atoms with van der Waals surface area (Å²) in [6.07, 6.45) is 3.93. The van der Waals surface area contributed by atoms with Gasteiger partial charge in [-0.1, -0.05) is 27.7 Å². The SMILES string of the molecule is O=C1CCC[C@@H]1Sc1nc2ccc(Br)cc2c(=O)n1Cc1ccco1. The first kappa shape index (κ1) is 16.6. The van der Waals surface area contributed by atoms with Crippen molar-refractivity contribution in [1.29, 1.82) is 0 Å². The number of aromatic nitrogens is 2. The molecule has 2 aromatic heterocycles. The highest BCUT2D eigenvalue weighted by Gasteiger charge is 2.27. The lowest BCUT2D eigenvalue weighted by atomic mass is 10.2. The van der Waals surface area contributed by atoms with Gasteiger partial charge in [-0.15, -0.1) is 0 Å². The second-order valence-electron chi connectivity index (χ2n) is 5.99. The molecule has 0 bridgehead atoms. The van der Waals surface area contributed by atoms with Gasteiger partial charge in [0, 0.05) is 10.9 Å². The fraction of sp³-hybridized carbons (Fsp3) is 0.278. The Kier molecular flexibility index (Phi) is 4.52. The van der Waals surface area contributed by atoms with Crippen molar-refractivity contribution >= 4 is 44.4 Å². The number of Topliss-reactive ketones (excluding diaryl/α,β-unsaturated/α-hetero) is 1. The minimum absolute atomic E-state index is 0.123. The van der Waals surface area contributed by atoms with Crippen LogP contribution < -0.4 is 5.56 Å². The van der Waals surface area contributed by atoms with E-state index >= 15 is 0 Å². The Labute approximate surface area is 156 Å². The van der Waals surface area contributed by atoms with Crippen LogP contribution in [0.3, 0.4) is 0 Å². The third kappa shape index (κ3) is 3.30. The number of hydrogen-bond donors (Lipinski definition) is 0. The van der Waals surface area contributed by atoms with Gasteiger partial charge in [-0.25, -0.2) is 4.98 Å². The predicted octanol–water partition coefficient (Wildman–Crippen LogP) is 4.01. The maximum Gasteiger partial charge on any atom is 0.262 e. The molecule has 1 saturated carbocycles. The molecule has 0 N–H and O–H groups in total. The quantitative estimate of drug-likeness (QED) is 0.598. The van der Waals surface area contributed by atoms with Crippen LogP contribution >= 0.6 is 27.7 Å². The molecule has 128 valence electrons. The smallest absolute Gasteiger partial charge is 0.262 e. The van der Waals surface area contributed by atoms with Gasteiger partial charge in [-0.2, -0.15) is 0 Å². The van der Waals surface area contributed by atoms with E-state index in [1.807, 2.05) is 18.2 Å². The van der Waals surface area contributed by atoms with Crippen molar-refractivity contribution in [3.05, 3.63) is 57.2 Å². The first-order chi connectivity index (χ1) is 12.1. The van der Waals surface area contributed by atoms with E-state index in [4.69, 9.17) is 4.42 Å². The highest BCUT2D eigenvalue weighted by molar-refractivity contribution is 9.10. The van der Waals surface area contributed by atoms with Crippen LogP contribution in [0.1, 0.15) is 25.0 Å². The van der Waals surface area contributed by atoms with Gasteiger partial charge in [0.15, 0.2) is 5.16 Å². The van der Waals surface area contributed by atoms with Crippen LogP contribution in [-0.4, -0.2) is 20.6 Å². The molecule has 0 saturated heterocycles. The molecule has 1 aromatic carbocycles. The number of fused-ring (bicyclic) bond motifs is 1. The van der Waals surface area contributed by atoms with Gasteiger partial charge < -0.3 is 4.42 Å². The zero-order chi connectivity index (χ0) is 17.4. The summed E-state index contributed by atoms with van der Waals surface area (Å²) in [5.74, 6) is 0.914. The third-order valence-electron chi connectivity index (χ3n) is 4.27. The molecule has 4 rings (SSSR count). The van der Waals surface area contributed by atoms with Crippen LogP contribution in [0.25, 0.3) is 10.9 Å². The Balaban J connectivity index is 1.84. The number of furan rings is 1. The molecule has 2 heterocycles. The fourth-order valence-corrected chi connectivity index (χ4v) is 4.57. The zero-order valence-electron chi connectivity index (χ0n) is 13.3. The predicted molar refractivity (Wildman–Crippen MR) is 100 cm³/mol. The topological polar surface area (TPSA) is 65.1 Å². The average Bonchev–Trinajstić information content (AvgIpc) is 3.24. The van der Waals surface area contributed by atoms with Crippen molar-refractivity contribution in [3.8, 4) is 0 Å². The number of benzene rings is 1. The fourth-order valence-electron chi connectivity index (χ4n) is 3.00. The Morgan fingerprint density at radius 2 is 2.20 bits per heavy atom. The summed E-state index contributed by atoms with van der Waals surface area (Å²) in [7, 11) is 0. The molecule has 1 aliphatic rings. The molecule has 0 aliphatic heterocycles. The number of carbonyl (C=O) groups excluding carboxylic acids is 1. The summed E-state index contributed by atoms with van der Waals surface area (Å²) in [4.78, 5) is 29.8. The normalized spacial score (nSPS) is 17.5. The first-order valence-corrected chi connectivity index (χ1v) is 9.71. The monoisotopic (exact) mass is 418 g/mol. The lowest BCUT2D eigenvalue weighted by Crippen LogP contribution is -2.25. The van der Waals surface area contributed by atoms with Crippen molar-refractivity contribution in [2.24, 2.45) is 0 Å². The lowest BCUT2D eigenvalue weighted by Gasteiger charge is -2.14. The number of carbonyl (C=O) groups is 1. The van der Waals surface area contributed by atoms with Crippen molar-refractivity contribution in [2.45, 2.75) is 36.2 Å². The summed E-state index contributed by atoms with van der Waals surface area (Å²) in [5, 5.41) is 0.988. The Morgan fingerprint density at radius 3 is 2.92 bits per heavy atom. The molecule has 5 nitrogen and oxygen atoms in total. The van der Waals surface area contributed by atoms with Crippen LogP contribution in [0.2, 0.25) is 0 Å². The van der Waals surface area contributed by atoms with Crippen LogP contribution in [0.5, 0.6) is 0 Å². The van der Waals surface area contributed by atoms with E-state index in [1.165, 1.54) is 11.8 Å². The molecule has 25 heavy (non-hydrogen) atoms. The summed E-state index contributed by atoms with van der Waals surface area (Å²) in [6, 6.07) is 9.07. The largest absolute Gasteiger partial charge is 0.467 e. The maximum atomic E-state index is 13.0. The molecular formula is C18H15BrN2O3S. The average molecular weight is 419 g/mol. The minimum Gasteiger partial charge on any atom is -0.467 e. The second-order valence-corrected chi connectivity index (χ2v) is 8.08. The number of ketones is 1. The van der Waals surface area contributed by atoms with E-state index in [-0.39, 0.29) is 16.6 Å². The Bertz CT molecular complexity index is 997. The maximum absolute atomic E-state index is 13.0. The second kappa shape index (κ2) is 6.80. The summed E-state index contributed by atoms with van der Waals surface area (Å²) in [6.45, 7) is 0.296. The minimum atomic E-state index is -0.129. The van der Waals surface area contributed by atoms with E-state index in [9.17, 15) is 9.59 Å². The molecule has 0 unspecified atom stereocenters. The van der Waals surface area contributed by atoms with Crippen LogP contribution in [0, 0.1) is 0 Å². The van der Waals surface area contributed by atoms with Crippen LogP contribution in [-0.2, 0) is 11.3 Å². The molecule has 1 aliphatic carbocycles. The van der Waals surface area contributed by atoms with Gasteiger partial charge in [0.05, 0.1) is 29.0 Å². The van der Waals surface area contributed by atoms with Crippen molar-refractivity contribution in [2.75, 3.05) is 0 Å². The molecule has 1 atom stereocenters. The molecule has 3 aromatic rings. The van der Waals surface area contributed by atoms with Gasteiger partial charge in [-0.3, -0.25) is 14.2 Å². The Hall–Kier alpha value is -1.86. The summed E-state index contributed by atoms with van der Waals surface area (Å²) in [5.41, 5.74) is 0.507. The number of halogens is 1. The van der Waals surface area contributed by atoms with Crippen LogP contribution in [0.15, 0.2) is 55.4 Å². The summed E-state index contributed by atoms with van der Waals surface area (Å²) >= 11 is 4.79. The molecule has 0 amide bonds. The number of nitrogens with zero attached hydrogens (tertiary/aromatic N) is 2. The molecule has 0 spiro atoms. The highest BCUT2D eigenvalue weighted by Crippen LogP contribution is 2.32. The van der Waals surface area contributed by atoms with Gasteiger partial charge in [-0.05, 0) is 43.2 Å². The number of hydrogen-bond acceptors (Lipinski definition) is 5. The lowest BCUT2D eigenvalue weighted by molar-refractivity contribution is -0.116. The Morgan fingerprint density at radius 1 is 1.32 bits per heavy atom. The van der Waals surface area contributed by atoms with Gasteiger partial charge in [0.2, 0.25) is 0 Å². The molecule has 0 radical (unpaired) electrons. The first-order valence-electron chi connectivity index (χ1n) is 8.03.